The van der Waals surface area contributed by atoms with Crippen LogP contribution in [0.4, 0.5) is 0 Å². The molecule has 174 valence electrons. The molecule has 0 saturated carbocycles. The minimum absolute atomic E-state index is 0.0556. The van der Waals surface area contributed by atoms with Crippen molar-refractivity contribution in [3.8, 4) is 22.8 Å². The van der Waals surface area contributed by atoms with Gasteiger partial charge >= 0.3 is 0 Å². The second-order valence-corrected chi connectivity index (χ2v) is 8.79. The van der Waals surface area contributed by atoms with Crippen LogP contribution in [-0.4, -0.2) is 45.1 Å². The van der Waals surface area contributed by atoms with Crippen LogP contribution in [0.15, 0.2) is 72.1 Å². The number of benzene rings is 2. The second-order valence-electron chi connectivity index (χ2n) is 7.85. The van der Waals surface area contributed by atoms with Crippen LogP contribution in [0.2, 0.25) is 0 Å². The number of methoxy groups -OCH3 is 1. The number of pyridine rings is 1. The van der Waals surface area contributed by atoms with E-state index in [9.17, 15) is 4.79 Å². The SMILES string of the molecule is COc1ccccc1CCNC(=O)CSc1nnc(-c2ccncc2)n1-c1ccc(C)c(C)c1. The van der Waals surface area contributed by atoms with Gasteiger partial charge in [0.15, 0.2) is 11.0 Å². The van der Waals surface area contributed by atoms with E-state index in [-0.39, 0.29) is 11.7 Å². The van der Waals surface area contributed by atoms with Gasteiger partial charge in [0.25, 0.3) is 0 Å². The molecule has 0 bridgehead atoms. The third-order valence-electron chi connectivity index (χ3n) is 5.56. The van der Waals surface area contributed by atoms with E-state index in [0.717, 1.165) is 22.6 Å². The highest BCUT2D eigenvalue weighted by Gasteiger charge is 2.18. The van der Waals surface area contributed by atoms with E-state index < -0.39 is 0 Å². The lowest BCUT2D eigenvalue weighted by atomic mass is 10.1. The number of aromatic nitrogens is 4. The predicted octanol–water partition coefficient (Wildman–Crippen LogP) is 4.41. The molecule has 0 aliphatic rings. The Balaban J connectivity index is 1.48. The van der Waals surface area contributed by atoms with Crippen molar-refractivity contribution in [2.24, 2.45) is 0 Å². The molecule has 8 heteroatoms. The molecule has 2 aromatic heterocycles. The van der Waals surface area contributed by atoms with Crippen LogP contribution >= 0.6 is 11.8 Å². The Labute approximate surface area is 203 Å². The number of hydrogen-bond acceptors (Lipinski definition) is 6. The van der Waals surface area contributed by atoms with E-state index in [1.54, 1.807) is 19.5 Å². The van der Waals surface area contributed by atoms with Crippen molar-refractivity contribution in [1.82, 2.24) is 25.1 Å². The smallest absolute Gasteiger partial charge is 0.230 e. The van der Waals surface area contributed by atoms with Crippen molar-refractivity contribution >= 4 is 17.7 Å². The number of amides is 1. The summed E-state index contributed by atoms with van der Waals surface area (Å²) in [6.45, 7) is 4.70. The number of aryl methyl sites for hydroxylation is 2. The molecule has 34 heavy (non-hydrogen) atoms. The Hall–Kier alpha value is -3.65. The Kier molecular flexibility index (Phi) is 7.59. The van der Waals surface area contributed by atoms with Gasteiger partial charge in [-0.3, -0.25) is 14.3 Å². The quantitative estimate of drug-likeness (QED) is 0.363. The molecule has 4 rings (SSSR count). The Morgan fingerprint density at radius 1 is 1.03 bits per heavy atom. The van der Waals surface area contributed by atoms with Crippen molar-refractivity contribution in [3.05, 3.63) is 83.7 Å². The van der Waals surface area contributed by atoms with Gasteiger partial charge in [-0.05, 0) is 67.3 Å². The van der Waals surface area contributed by atoms with Crippen LogP contribution in [0.25, 0.3) is 17.1 Å². The highest BCUT2D eigenvalue weighted by atomic mass is 32.2. The fourth-order valence-corrected chi connectivity index (χ4v) is 4.36. The highest BCUT2D eigenvalue weighted by molar-refractivity contribution is 7.99. The van der Waals surface area contributed by atoms with Gasteiger partial charge < -0.3 is 10.1 Å². The maximum atomic E-state index is 12.6. The van der Waals surface area contributed by atoms with E-state index in [1.165, 1.54) is 22.9 Å². The number of rotatable bonds is 9. The number of ether oxygens (including phenoxy) is 1. The molecule has 0 atom stereocenters. The van der Waals surface area contributed by atoms with Crippen LogP contribution in [-0.2, 0) is 11.2 Å². The maximum Gasteiger partial charge on any atom is 0.230 e. The first-order valence-corrected chi connectivity index (χ1v) is 12.0. The minimum atomic E-state index is -0.0556. The number of hydrogen-bond donors (Lipinski definition) is 1. The van der Waals surface area contributed by atoms with Gasteiger partial charge in [-0.15, -0.1) is 10.2 Å². The number of nitrogens with zero attached hydrogens (tertiary/aromatic N) is 4. The van der Waals surface area contributed by atoms with Gasteiger partial charge in [0.05, 0.1) is 18.6 Å². The molecule has 0 spiro atoms. The predicted molar refractivity (Wildman–Crippen MR) is 134 cm³/mol. The standard InChI is InChI=1S/C26H27N5O2S/c1-18-8-9-22(16-19(18)2)31-25(21-10-13-27-14-11-21)29-30-26(31)34-17-24(32)28-15-12-20-6-4-5-7-23(20)33-3/h4-11,13-14,16H,12,15,17H2,1-3H3,(H,28,32). The number of nitrogens with one attached hydrogen (secondary N) is 1. The Morgan fingerprint density at radius 2 is 1.82 bits per heavy atom. The van der Waals surface area contributed by atoms with E-state index in [0.29, 0.717) is 23.9 Å². The molecule has 0 saturated heterocycles. The van der Waals surface area contributed by atoms with Gasteiger partial charge in [0, 0.05) is 24.5 Å². The third-order valence-corrected chi connectivity index (χ3v) is 6.49. The minimum Gasteiger partial charge on any atom is -0.496 e. The van der Waals surface area contributed by atoms with Crippen molar-refractivity contribution in [2.75, 3.05) is 19.4 Å². The summed E-state index contributed by atoms with van der Waals surface area (Å²) in [7, 11) is 1.65. The fourth-order valence-electron chi connectivity index (χ4n) is 3.58. The average Bonchev–Trinajstić information content (AvgIpc) is 3.29. The summed E-state index contributed by atoms with van der Waals surface area (Å²) in [6.07, 6.45) is 4.17. The van der Waals surface area contributed by atoms with Crippen molar-refractivity contribution in [1.29, 1.82) is 0 Å². The van der Waals surface area contributed by atoms with E-state index >= 15 is 0 Å². The Morgan fingerprint density at radius 3 is 2.59 bits per heavy atom. The molecule has 2 heterocycles. The summed E-state index contributed by atoms with van der Waals surface area (Å²) in [4.78, 5) is 16.7. The van der Waals surface area contributed by atoms with Gasteiger partial charge in [-0.2, -0.15) is 0 Å². The summed E-state index contributed by atoms with van der Waals surface area (Å²) >= 11 is 1.37. The molecule has 0 unspecified atom stereocenters. The number of carbonyl (C=O) groups is 1. The first-order chi connectivity index (χ1) is 16.6. The molecule has 0 aliphatic carbocycles. The van der Waals surface area contributed by atoms with E-state index in [4.69, 9.17) is 4.74 Å². The number of para-hydroxylation sites is 1. The van der Waals surface area contributed by atoms with Crippen molar-refractivity contribution in [3.63, 3.8) is 0 Å². The maximum absolute atomic E-state index is 12.6. The summed E-state index contributed by atoms with van der Waals surface area (Å²) in [5, 5.41) is 12.5. The van der Waals surface area contributed by atoms with Crippen LogP contribution in [0.3, 0.4) is 0 Å². The lowest BCUT2D eigenvalue weighted by molar-refractivity contribution is -0.118. The van der Waals surface area contributed by atoms with Crippen LogP contribution in [0, 0.1) is 13.8 Å². The molecule has 0 fully saturated rings. The van der Waals surface area contributed by atoms with Crippen molar-refractivity contribution < 1.29 is 9.53 Å². The zero-order chi connectivity index (χ0) is 23.9. The number of thioether (sulfide) groups is 1. The first kappa shape index (κ1) is 23.5. The van der Waals surface area contributed by atoms with E-state index in [1.807, 2.05) is 47.0 Å². The fraction of sp³-hybridized carbons (Fsp3) is 0.231. The van der Waals surface area contributed by atoms with E-state index in [2.05, 4.69) is 46.5 Å². The lowest BCUT2D eigenvalue weighted by Crippen LogP contribution is -2.27. The van der Waals surface area contributed by atoms with Gasteiger partial charge in [0.2, 0.25) is 5.91 Å². The molecular formula is C26H27N5O2S. The lowest BCUT2D eigenvalue weighted by Gasteiger charge is -2.12. The molecular weight excluding hydrogens is 446 g/mol. The summed E-state index contributed by atoms with van der Waals surface area (Å²) in [5.41, 5.74) is 5.32. The zero-order valence-corrected chi connectivity index (χ0v) is 20.3. The molecule has 7 nitrogen and oxygen atoms in total. The molecule has 0 radical (unpaired) electrons. The largest absolute Gasteiger partial charge is 0.496 e. The van der Waals surface area contributed by atoms with Crippen LogP contribution in [0.5, 0.6) is 5.75 Å². The average molecular weight is 474 g/mol. The zero-order valence-electron chi connectivity index (χ0n) is 19.5. The van der Waals surface area contributed by atoms with Gasteiger partial charge in [-0.25, -0.2) is 0 Å². The summed E-state index contributed by atoms with van der Waals surface area (Å²) in [5.74, 6) is 1.73. The van der Waals surface area contributed by atoms with Crippen LogP contribution in [0.1, 0.15) is 16.7 Å². The molecule has 1 amide bonds. The summed E-state index contributed by atoms with van der Waals surface area (Å²) < 4.78 is 7.37. The first-order valence-electron chi connectivity index (χ1n) is 11.0. The third kappa shape index (κ3) is 5.46. The van der Waals surface area contributed by atoms with Gasteiger partial charge in [0.1, 0.15) is 5.75 Å². The topological polar surface area (TPSA) is 81.9 Å². The second kappa shape index (κ2) is 11.0. The van der Waals surface area contributed by atoms with Gasteiger partial charge in [-0.1, -0.05) is 36.0 Å². The number of carbonyl (C=O) groups excluding carboxylic acids is 1. The normalized spacial score (nSPS) is 10.8. The van der Waals surface area contributed by atoms with Crippen LogP contribution < -0.4 is 10.1 Å². The molecule has 4 aromatic rings. The molecule has 0 aliphatic heterocycles. The Bertz CT molecular complexity index is 1270. The molecule has 1 N–H and O–H groups in total. The summed E-state index contributed by atoms with van der Waals surface area (Å²) in [6, 6.07) is 17.9. The molecule has 2 aromatic carbocycles. The monoisotopic (exact) mass is 473 g/mol. The highest BCUT2D eigenvalue weighted by Crippen LogP contribution is 2.28. The van der Waals surface area contributed by atoms with Crippen molar-refractivity contribution in [2.45, 2.75) is 25.4 Å².